The lowest BCUT2D eigenvalue weighted by atomic mass is 9.93. The molecule has 2 rings (SSSR count). The van der Waals surface area contributed by atoms with E-state index in [4.69, 9.17) is 16.2 Å². The Kier molecular flexibility index (Phi) is 3.97. The van der Waals surface area contributed by atoms with Crippen LogP contribution in [-0.2, 0) is 6.54 Å². The van der Waals surface area contributed by atoms with Crippen molar-refractivity contribution in [1.82, 2.24) is 0 Å². The van der Waals surface area contributed by atoms with E-state index < -0.39 is 0 Å². The molecule has 94 valence electrons. The molecule has 0 heterocycles. The fraction of sp³-hybridized carbons (Fsp3) is 0.538. The summed E-state index contributed by atoms with van der Waals surface area (Å²) in [4.78, 5) is 0. The van der Waals surface area contributed by atoms with Crippen molar-refractivity contribution in [3.05, 3.63) is 29.6 Å². The van der Waals surface area contributed by atoms with Crippen molar-refractivity contribution in [1.29, 1.82) is 0 Å². The van der Waals surface area contributed by atoms with Gasteiger partial charge in [0.2, 0.25) is 0 Å². The summed E-state index contributed by atoms with van der Waals surface area (Å²) < 4.78 is 19.3. The third-order valence-corrected chi connectivity index (χ3v) is 3.29. The van der Waals surface area contributed by atoms with Gasteiger partial charge in [0.25, 0.3) is 0 Å². The van der Waals surface area contributed by atoms with Gasteiger partial charge in [-0.15, -0.1) is 0 Å². The minimum atomic E-state index is -0.294. The second-order valence-electron chi connectivity index (χ2n) is 4.58. The average molecular weight is 238 g/mol. The number of ether oxygens (including phenoxy) is 1. The lowest BCUT2D eigenvalue weighted by Crippen LogP contribution is -2.32. The number of benzene rings is 1. The molecule has 1 fully saturated rings. The summed E-state index contributed by atoms with van der Waals surface area (Å²) in [5.41, 5.74) is 11.8. The average Bonchev–Trinajstić information content (AvgIpc) is 2.32. The van der Waals surface area contributed by atoms with Crippen molar-refractivity contribution >= 4 is 0 Å². The predicted molar refractivity (Wildman–Crippen MR) is 65.2 cm³/mol. The molecule has 4 N–H and O–H groups in total. The number of hydrogen-bond donors (Lipinski definition) is 2. The smallest absolute Gasteiger partial charge is 0.131 e. The van der Waals surface area contributed by atoms with E-state index in [1.54, 1.807) is 12.1 Å². The van der Waals surface area contributed by atoms with Crippen LogP contribution in [0.4, 0.5) is 4.39 Å². The fourth-order valence-corrected chi connectivity index (χ4v) is 2.23. The molecule has 4 heteroatoms. The van der Waals surface area contributed by atoms with Crippen molar-refractivity contribution in [3.63, 3.8) is 0 Å². The molecular formula is C13H19FN2O. The van der Waals surface area contributed by atoms with Crippen molar-refractivity contribution in [2.24, 2.45) is 11.5 Å². The van der Waals surface area contributed by atoms with Crippen molar-refractivity contribution in [2.45, 2.75) is 44.4 Å². The predicted octanol–water partition coefficient (Wildman–Crippen LogP) is 1.93. The molecule has 0 spiro atoms. The molecule has 0 bridgehead atoms. The van der Waals surface area contributed by atoms with Gasteiger partial charge in [0.05, 0.1) is 6.10 Å². The Morgan fingerprint density at radius 1 is 1.24 bits per heavy atom. The number of rotatable bonds is 3. The molecule has 0 unspecified atom stereocenters. The zero-order chi connectivity index (χ0) is 12.3. The van der Waals surface area contributed by atoms with Crippen LogP contribution in [0.3, 0.4) is 0 Å². The molecule has 1 aromatic carbocycles. The first-order valence-corrected chi connectivity index (χ1v) is 6.10. The van der Waals surface area contributed by atoms with E-state index >= 15 is 0 Å². The van der Waals surface area contributed by atoms with E-state index in [1.165, 1.54) is 6.07 Å². The Hall–Kier alpha value is -1.13. The molecule has 1 aromatic rings. The highest BCUT2D eigenvalue weighted by Crippen LogP contribution is 2.26. The third-order valence-electron chi connectivity index (χ3n) is 3.29. The molecular weight excluding hydrogens is 219 g/mol. The summed E-state index contributed by atoms with van der Waals surface area (Å²) in [6.45, 7) is 0.161. The monoisotopic (exact) mass is 238 g/mol. The molecule has 3 nitrogen and oxygen atoms in total. The number of nitrogens with two attached hydrogens (primary N) is 2. The van der Waals surface area contributed by atoms with Crippen LogP contribution in [-0.4, -0.2) is 12.1 Å². The minimum absolute atomic E-state index is 0.141. The van der Waals surface area contributed by atoms with Crippen molar-refractivity contribution in [3.8, 4) is 5.75 Å². The molecule has 1 aliphatic carbocycles. The third kappa shape index (κ3) is 2.96. The normalized spacial score (nSPS) is 24.6. The summed E-state index contributed by atoms with van der Waals surface area (Å²) in [6.07, 6.45) is 3.95. The lowest BCUT2D eigenvalue weighted by molar-refractivity contribution is 0.145. The Morgan fingerprint density at radius 3 is 2.59 bits per heavy atom. The maximum Gasteiger partial charge on any atom is 0.131 e. The van der Waals surface area contributed by atoms with Crippen LogP contribution in [0.2, 0.25) is 0 Å². The van der Waals surface area contributed by atoms with Crippen LogP contribution in [0, 0.1) is 5.82 Å². The summed E-state index contributed by atoms with van der Waals surface area (Å²) in [5, 5.41) is 0. The van der Waals surface area contributed by atoms with Gasteiger partial charge < -0.3 is 16.2 Å². The molecule has 17 heavy (non-hydrogen) atoms. The summed E-state index contributed by atoms with van der Waals surface area (Å²) in [5.74, 6) is 0.283. The van der Waals surface area contributed by atoms with Crippen molar-refractivity contribution < 1.29 is 9.13 Å². The first-order chi connectivity index (χ1) is 8.20. The minimum Gasteiger partial charge on any atom is -0.490 e. The molecule has 0 radical (unpaired) electrons. The summed E-state index contributed by atoms with van der Waals surface area (Å²) in [7, 11) is 0. The Balaban J connectivity index is 2.05. The second kappa shape index (κ2) is 5.47. The molecule has 0 amide bonds. The summed E-state index contributed by atoms with van der Waals surface area (Å²) in [6, 6.07) is 5.13. The van der Waals surface area contributed by atoms with Gasteiger partial charge in [-0.1, -0.05) is 6.07 Å². The topological polar surface area (TPSA) is 61.3 Å². The molecule has 1 aliphatic rings. The first-order valence-electron chi connectivity index (χ1n) is 6.10. The SMILES string of the molecule is NCc1c(F)cccc1OC1CCC(N)CC1. The maximum absolute atomic E-state index is 13.5. The van der Waals surface area contributed by atoms with Crippen LogP contribution in [0.5, 0.6) is 5.75 Å². The van der Waals surface area contributed by atoms with E-state index in [-0.39, 0.29) is 24.5 Å². The van der Waals surface area contributed by atoms with Crippen molar-refractivity contribution in [2.75, 3.05) is 0 Å². The number of hydrogen-bond acceptors (Lipinski definition) is 3. The van der Waals surface area contributed by atoms with Gasteiger partial charge in [-0.05, 0) is 37.8 Å². The van der Waals surface area contributed by atoms with Gasteiger partial charge >= 0.3 is 0 Å². The standard InChI is InChI=1S/C13H19FN2O/c14-12-2-1-3-13(11(12)8-15)17-10-6-4-9(16)5-7-10/h1-3,9-10H,4-8,15-16H2. The molecule has 0 aliphatic heterocycles. The van der Waals surface area contributed by atoms with Gasteiger partial charge in [-0.25, -0.2) is 4.39 Å². The summed E-state index contributed by atoms with van der Waals surface area (Å²) >= 11 is 0. The zero-order valence-corrected chi connectivity index (χ0v) is 9.86. The Labute approximate surface area is 101 Å². The van der Waals surface area contributed by atoms with E-state index in [0.29, 0.717) is 11.3 Å². The van der Waals surface area contributed by atoms with Crippen LogP contribution in [0.15, 0.2) is 18.2 Å². The molecule has 0 atom stereocenters. The lowest BCUT2D eigenvalue weighted by Gasteiger charge is -2.27. The van der Waals surface area contributed by atoms with Crippen LogP contribution >= 0.6 is 0 Å². The fourth-order valence-electron chi connectivity index (χ4n) is 2.23. The van der Waals surface area contributed by atoms with Gasteiger partial charge in [0.15, 0.2) is 0 Å². The highest BCUT2D eigenvalue weighted by atomic mass is 19.1. The quantitative estimate of drug-likeness (QED) is 0.846. The van der Waals surface area contributed by atoms with Crippen LogP contribution in [0.25, 0.3) is 0 Å². The Bertz CT molecular complexity index is 376. The largest absolute Gasteiger partial charge is 0.490 e. The Morgan fingerprint density at radius 2 is 1.94 bits per heavy atom. The zero-order valence-electron chi connectivity index (χ0n) is 9.86. The first kappa shape index (κ1) is 12.3. The molecule has 0 aromatic heterocycles. The van der Waals surface area contributed by atoms with E-state index in [0.717, 1.165) is 25.7 Å². The van der Waals surface area contributed by atoms with Gasteiger partial charge in [0, 0.05) is 18.2 Å². The highest BCUT2D eigenvalue weighted by molar-refractivity contribution is 5.34. The van der Waals surface area contributed by atoms with Gasteiger partial charge in [0.1, 0.15) is 11.6 Å². The van der Waals surface area contributed by atoms with E-state index in [9.17, 15) is 4.39 Å². The van der Waals surface area contributed by atoms with Crippen LogP contribution in [0.1, 0.15) is 31.2 Å². The highest BCUT2D eigenvalue weighted by Gasteiger charge is 2.21. The van der Waals surface area contributed by atoms with E-state index in [1.807, 2.05) is 0 Å². The number of halogens is 1. The van der Waals surface area contributed by atoms with Gasteiger partial charge in [-0.3, -0.25) is 0 Å². The second-order valence-corrected chi connectivity index (χ2v) is 4.58. The van der Waals surface area contributed by atoms with E-state index in [2.05, 4.69) is 0 Å². The molecule has 1 saturated carbocycles. The van der Waals surface area contributed by atoms with Gasteiger partial charge in [-0.2, -0.15) is 0 Å². The maximum atomic E-state index is 13.5. The molecule has 0 saturated heterocycles. The van der Waals surface area contributed by atoms with Crippen LogP contribution < -0.4 is 16.2 Å².